The van der Waals surface area contributed by atoms with E-state index in [1.165, 1.54) is 0 Å². The molecule has 60 valence electrons. The van der Waals surface area contributed by atoms with Crippen LogP contribution >= 0.6 is 18.4 Å². The molecular formula is C8H5ClO2P+. The Morgan fingerprint density at radius 1 is 1.33 bits per heavy atom. The van der Waals surface area contributed by atoms with Crippen molar-refractivity contribution in [2.45, 2.75) is 0 Å². The number of furan rings is 1. The Morgan fingerprint density at radius 3 is 2.92 bits per heavy atom. The van der Waals surface area contributed by atoms with E-state index in [0.717, 1.165) is 11.0 Å². The molecule has 0 amide bonds. The molecule has 2 aromatic rings. The van der Waals surface area contributed by atoms with Crippen molar-refractivity contribution in [3.8, 4) is 0 Å². The van der Waals surface area contributed by atoms with Gasteiger partial charge in [0.2, 0.25) is 16.5 Å². The van der Waals surface area contributed by atoms with Crippen LogP contribution in [-0.2, 0) is 4.57 Å². The molecule has 0 N–H and O–H groups in total. The normalized spacial score (nSPS) is 11.9. The van der Waals surface area contributed by atoms with Crippen LogP contribution in [0.5, 0.6) is 0 Å². The van der Waals surface area contributed by atoms with Crippen LogP contribution < -0.4 is 5.30 Å². The first-order valence-corrected chi connectivity index (χ1v) is 5.54. The molecule has 2 rings (SSSR count). The Morgan fingerprint density at radius 2 is 2.17 bits per heavy atom. The number of hydrogen-bond donors (Lipinski definition) is 0. The van der Waals surface area contributed by atoms with Crippen LogP contribution in [0.4, 0.5) is 0 Å². The van der Waals surface area contributed by atoms with E-state index in [0.29, 0.717) is 5.30 Å². The van der Waals surface area contributed by atoms with Crippen molar-refractivity contribution in [2.24, 2.45) is 0 Å². The number of benzene rings is 1. The van der Waals surface area contributed by atoms with E-state index in [2.05, 4.69) is 0 Å². The van der Waals surface area contributed by atoms with Crippen molar-refractivity contribution in [3.05, 3.63) is 30.5 Å². The fourth-order valence-corrected chi connectivity index (χ4v) is 1.78. The first-order valence-electron chi connectivity index (χ1n) is 3.38. The molecule has 0 fully saturated rings. The summed E-state index contributed by atoms with van der Waals surface area (Å²) in [4.78, 5) is 0. The third kappa shape index (κ3) is 1.24. The fraction of sp³-hybridized carbons (Fsp3) is 0. The number of rotatable bonds is 1. The lowest BCUT2D eigenvalue weighted by Gasteiger charge is -1.84. The Bertz CT molecular complexity index is 435. The molecule has 0 saturated carbocycles. The van der Waals surface area contributed by atoms with Gasteiger partial charge in [-0.2, -0.15) is 0 Å². The van der Waals surface area contributed by atoms with Crippen LogP contribution in [-0.4, -0.2) is 0 Å². The maximum atomic E-state index is 10.9. The highest BCUT2D eigenvalue weighted by Gasteiger charge is 2.16. The molecule has 0 spiro atoms. The highest BCUT2D eigenvalue weighted by molar-refractivity contribution is 7.80. The Hall–Kier alpha value is -0.850. The standard InChI is InChI=1S/C8H5ClO2P/c9-12(10)7-2-1-6-3-4-11-8(6)5-7/h1-5H/q+1. The van der Waals surface area contributed by atoms with Gasteiger partial charge in [0.25, 0.3) is 0 Å². The van der Waals surface area contributed by atoms with Gasteiger partial charge < -0.3 is 4.42 Å². The van der Waals surface area contributed by atoms with Crippen molar-refractivity contribution in [1.82, 2.24) is 0 Å². The van der Waals surface area contributed by atoms with Gasteiger partial charge in [-0.1, -0.05) is 0 Å². The van der Waals surface area contributed by atoms with E-state index in [4.69, 9.17) is 15.7 Å². The molecule has 4 heteroatoms. The van der Waals surface area contributed by atoms with Crippen molar-refractivity contribution in [3.63, 3.8) is 0 Å². The van der Waals surface area contributed by atoms with Crippen LogP contribution in [0.2, 0.25) is 0 Å². The molecule has 0 aliphatic heterocycles. The quantitative estimate of drug-likeness (QED) is 0.661. The van der Waals surface area contributed by atoms with E-state index in [-0.39, 0.29) is 0 Å². The summed E-state index contributed by atoms with van der Waals surface area (Å²) in [7, 11) is -1.79. The molecule has 0 radical (unpaired) electrons. The zero-order valence-electron chi connectivity index (χ0n) is 6.03. The van der Waals surface area contributed by atoms with E-state index >= 15 is 0 Å². The summed E-state index contributed by atoms with van der Waals surface area (Å²) in [5.41, 5.74) is 0.719. The van der Waals surface area contributed by atoms with Gasteiger partial charge in [0.15, 0.2) is 0 Å². The van der Waals surface area contributed by atoms with E-state index in [1.807, 2.05) is 12.1 Å². The van der Waals surface area contributed by atoms with Crippen molar-refractivity contribution < 1.29 is 8.98 Å². The summed E-state index contributed by atoms with van der Waals surface area (Å²) in [6.07, 6.45) is 1.59. The second kappa shape index (κ2) is 2.89. The van der Waals surface area contributed by atoms with Gasteiger partial charge in [0.1, 0.15) is 5.58 Å². The van der Waals surface area contributed by atoms with Gasteiger partial charge in [0, 0.05) is 11.5 Å². The van der Waals surface area contributed by atoms with E-state index < -0.39 is 7.15 Å². The van der Waals surface area contributed by atoms with Gasteiger partial charge in [-0.3, -0.25) is 0 Å². The summed E-state index contributed by atoms with van der Waals surface area (Å²) in [5, 5.41) is 1.60. The average Bonchev–Trinajstić information content (AvgIpc) is 2.49. The molecule has 1 aromatic heterocycles. The molecule has 2 nitrogen and oxygen atoms in total. The first-order chi connectivity index (χ1) is 5.77. The molecule has 0 aliphatic rings. The van der Waals surface area contributed by atoms with E-state index in [9.17, 15) is 4.57 Å². The molecule has 0 saturated heterocycles. The maximum absolute atomic E-state index is 10.9. The molecule has 0 aliphatic carbocycles. The third-order valence-corrected chi connectivity index (χ3v) is 2.91. The van der Waals surface area contributed by atoms with Crippen LogP contribution in [0.1, 0.15) is 0 Å². The lowest BCUT2D eigenvalue weighted by Crippen LogP contribution is -1.90. The molecule has 1 unspecified atom stereocenters. The largest absolute Gasteiger partial charge is 0.494 e. The smallest absolute Gasteiger partial charge is 0.464 e. The number of hydrogen-bond acceptors (Lipinski definition) is 2. The number of halogens is 1. The Balaban J connectivity index is 2.68. The molecule has 0 bridgehead atoms. The Kier molecular flexibility index (Phi) is 1.87. The van der Waals surface area contributed by atoms with Gasteiger partial charge in [-0.25, -0.2) is 0 Å². The highest BCUT2D eigenvalue weighted by Crippen LogP contribution is 2.27. The summed E-state index contributed by atoms with van der Waals surface area (Å²) >= 11 is 5.44. The number of fused-ring (bicyclic) bond motifs is 1. The molecule has 1 aromatic carbocycles. The monoisotopic (exact) mass is 199 g/mol. The van der Waals surface area contributed by atoms with Crippen LogP contribution in [0.15, 0.2) is 34.9 Å². The Labute approximate surface area is 74.7 Å². The van der Waals surface area contributed by atoms with Gasteiger partial charge in [-0.15, -0.1) is 0 Å². The molecule has 1 atom stereocenters. The van der Waals surface area contributed by atoms with Crippen molar-refractivity contribution in [2.75, 3.05) is 0 Å². The van der Waals surface area contributed by atoms with E-state index in [1.54, 1.807) is 18.4 Å². The van der Waals surface area contributed by atoms with Crippen LogP contribution in [0.3, 0.4) is 0 Å². The summed E-state index contributed by atoms with van der Waals surface area (Å²) in [6, 6.07) is 7.12. The average molecular weight is 200 g/mol. The van der Waals surface area contributed by atoms with Gasteiger partial charge in [-0.05, 0) is 22.8 Å². The first kappa shape index (κ1) is 7.78. The minimum absolute atomic E-state index is 0.606. The summed E-state index contributed by atoms with van der Waals surface area (Å²) in [6.45, 7) is 0. The summed E-state index contributed by atoms with van der Waals surface area (Å²) < 4.78 is 16.0. The fourth-order valence-electron chi connectivity index (χ4n) is 1.05. The van der Waals surface area contributed by atoms with Crippen molar-refractivity contribution in [1.29, 1.82) is 0 Å². The van der Waals surface area contributed by atoms with Crippen molar-refractivity contribution >= 4 is 34.7 Å². The SMILES string of the molecule is O=[P+](Cl)c1ccc2ccoc2c1. The molecular weight excluding hydrogens is 195 g/mol. The molecule has 1 heterocycles. The highest BCUT2D eigenvalue weighted by atomic mass is 35.7. The summed E-state index contributed by atoms with van der Waals surface area (Å²) in [5.74, 6) is 0. The van der Waals surface area contributed by atoms with Crippen LogP contribution in [0, 0.1) is 0 Å². The minimum Gasteiger partial charge on any atom is -0.464 e. The predicted molar refractivity (Wildman–Crippen MR) is 49.3 cm³/mol. The van der Waals surface area contributed by atoms with Gasteiger partial charge in [0.05, 0.1) is 6.26 Å². The third-order valence-electron chi connectivity index (χ3n) is 1.64. The zero-order valence-corrected chi connectivity index (χ0v) is 7.68. The van der Waals surface area contributed by atoms with Crippen LogP contribution in [0.25, 0.3) is 11.0 Å². The molecule has 12 heavy (non-hydrogen) atoms. The van der Waals surface area contributed by atoms with Gasteiger partial charge >= 0.3 is 7.15 Å². The zero-order chi connectivity index (χ0) is 8.55. The second-order valence-corrected chi connectivity index (χ2v) is 4.31. The maximum Gasteiger partial charge on any atom is 0.494 e. The predicted octanol–water partition coefficient (Wildman–Crippen LogP) is 3.04. The lowest BCUT2D eigenvalue weighted by molar-refractivity contribution is 0.600. The topological polar surface area (TPSA) is 30.2 Å². The minimum atomic E-state index is -1.79. The lowest BCUT2D eigenvalue weighted by atomic mass is 10.3. The second-order valence-electron chi connectivity index (χ2n) is 2.39.